The first-order chi connectivity index (χ1) is 10.3. The molecule has 0 aliphatic rings. The fraction of sp³-hybridized carbons (Fsp3) is 0.294. The van der Waals surface area contributed by atoms with E-state index in [4.69, 9.17) is 15.3 Å². The van der Waals surface area contributed by atoms with Crippen LogP contribution in [0.4, 0.5) is 0 Å². The molecule has 4 nitrogen and oxygen atoms in total. The van der Waals surface area contributed by atoms with Crippen molar-refractivity contribution in [3.8, 4) is 5.75 Å². The number of nitrogens with two attached hydrogens (primary N) is 1. The molecule has 0 saturated heterocycles. The highest BCUT2D eigenvalue weighted by molar-refractivity contribution is 5.31. The first-order valence-electron chi connectivity index (χ1n) is 7.06. The smallest absolute Gasteiger partial charge is 0.118 e. The van der Waals surface area contributed by atoms with Crippen LogP contribution >= 0.6 is 0 Å². The molecule has 0 fully saturated rings. The van der Waals surface area contributed by atoms with Crippen molar-refractivity contribution in [2.45, 2.75) is 19.1 Å². The molecule has 0 spiro atoms. The summed E-state index contributed by atoms with van der Waals surface area (Å²) in [5, 5.41) is 0. The molecule has 21 heavy (non-hydrogen) atoms. The number of nitrogens with one attached hydrogen (secondary N) is 1. The fourth-order valence-corrected chi connectivity index (χ4v) is 2.38. The molecular weight excluding hydrogens is 264 g/mol. The Morgan fingerprint density at radius 3 is 2.19 bits per heavy atom. The lowest BCUT2D eigenvalue weighted by atomic mass is 9.96. The third-order valence-corrected chi connectivity index (χ3v) is 3.43. The number of hydrazine groups is 1. The van der Waals surface area contributed by atoms with E-state index in [1.807, 2.05) is 61.5 Å². The summed E-state index contributed by atoms with van der Waals surface area (Å²) >= 11 is 0. The van der Waals surface area contributed by atoms with E-state index in [-0.39, 0.29) is 12.1 Å². The van der Waals surface area contributed by atoms with E-state index in [0.29, 0.717) is 6.61 Å². The van der Waals surface area contributed by atoms with Gasteiger partial charge in [0.1, 0.15) is 11.9 Å². The zero-order valence-corrected chi connectivity index (χ0v) is 12.5. The van der Waals surface area contributed by atoms with Crippen LogP contribution in [0.25, 0.3) is 0 Å². The maximum Gasteiger partial charge on any atom is 0.118 e. The van der Waals surface area contributed by atoms with Crippen molar-refractivity contribution >= 4 is 0 Å². The summed E-state index contributed by atoms with van der Waals surface area (Å²) in [6, 6.07) is 17.8. The van der Waals surface area contributed by atoms with Gasteiger partial charge in [0.25, 0.3) is 0 Å². The Morgan fingerprint density at radius 2 is 1.67 bits per heavy atom. The average Bonchev–Trinajstić information content (AvgIpc) is 2.56. The molecule has 2 aromatic carbocycles. The van der Waals surface area contributed by atoms with Crippen LogP contribution in [-0.2, 0) is 4.74 Å². The zero-order valence-electron chi connectivity index (χ0n) is 12.5. The van der Waals surface area contributed by atoms with Crippen LogP contribution in [-0.4, -0.2) is 13.7 Å². The predicted octanol–water partition coefficient (Wildman–Crippen LogP) is 2.98. The van der Waals surface area contributed by atoms with Gasteiger partial charge >= 0.3 is 0 Å². The van der Waals surface area contributed by atoms with E-state index in [9.17, 15) is 0 Å². The third-order valence-electron chi connectivity index (χ3n) is 3.43. The minimum atomic E-state index is -0.144. The van der Waals surface area contributed by atoms with E-state index in [2.05, 4.69) is 5.43 Å². The molecule has 2 unspecified atom stereocenters. The number of hydrogen-bond donors (Lipinski definition) is 2. The van der Waals surface area contributed by atoms with Gasteiger partial charge in [-0.3, -0.25) is 11.3 Å². The second kappa shape index (κ2) is 7.78. The molecule has 3 N–H and O–H groups in total. The largest absolute Gasteiger partial charge is 0.497 e. The van der Waals surface area contributed by atoms with Crippen molar-refractivity contribution in [1.29, 1.82) is 0 Å². The molecule has 0 aliphatic heterocycles. The first-order valence-corrected chi connectivity index (χ1v) is 7.06. The highest BCUT2D eigenvalue weighted by Crippen LogP contribution is 2.32. The second-order valence-electron chi connectivity index (χ2n) is 4.70. The van der Waals surface area contributed by atoms with Gasteiger partial charge in [-0.2, -0.15) is 0 Å². The van der Waals surface area contributed by atoms with Crippen LogP contribution < -0.4 is 16.0 Å². The lowest BCUT2D eigenvalue weighted by molar-refractivity contribution is 0.0326. The van der Waals surface area contributed by atoms with E-state index in [1.165, 1.54) is 0 Å². The summed E-state index contributed by atoms with van der Waals surface area (Å²) in [7, 11) is 1.65. The van der Waals surface area contributed by atoms with Gasteiger partial charge in [-0.25, -0.2) is 0 Å². The standard InChI is InChI=1S/C17H22N2O2/c1-3-21-17(14-7-5-4-6-8-14)16(19-18)13-9-11-15(20-2)12-10-13/h4-12,16-17,19H,3,18H2,1-2H3. The number of methoxy groups -OCH3 is 1. The van der Waals surface area contributed by atoms with Crippen molar-refractivity contribution in [1.82, 2.24) is 5.43 Å². The molecule has 0 radical (unpaired) electrons. The SMILES string of the molecule is CCOC(c1ccccc1)C(NN)c1ccc(OC)cc1. The van der Waals surface area contributed by atoms with E-state index < -0.39 is 0 Å². The van der Waals surface area contributed by atoms with Crippen molar-refractivity contribution < 1.29 is 9.47 Å². The molecule has 112 valence electrons. The quantitative estimate of drug-likeness (QED) is 0.607. The Hall–Kier alpha value is -1.88. The molecule has 0 amide bonds. The molecule has 2 atom stereocenters. The molecular formula is C17H22N2O2. The summed E-state index contributed by atoms with van der Waals surface area (Å²) in [6.07, 6.45) is -0.144. The number of hydrogen-bond acceptors (Lipinski definition) is 4. The zero-order chi connectivity index (χ0) is 15.1. The van der Waals surface area contributed by atoms with Gasteiger partial charge in [0.2, 0.25) is 0 Å². The van der Waals surface area contributed by atoms with E-state index >= 15 is 0 Å². The molecule has 0 heterocycles. The van der Waals surface area contributed by atoms with Gasteiger partial charge in [-0.15, -0.1) is 0 Å². The van der Waals surface area contributed by atoms with Crippen LogP contribution in [0.15, 0.2) is 54.6 Å². The maximum absolute atomic E-state index is 5.92. The highest BCUT2D eigenvalue weighted by atomic mass is 16.5. The van der Waals surface area contributed by atoms with Crippen LogP contribution in [0, 0.1) is 0 Å². The van der Waals surface area contributed by atoms with Crippen molar-refractivity contribution in [3.05, 3.63) is 65.7 Å². The van der Waals surface area contributed by atoms with Gasteiger partial charge in [0, 0.05) is 6.61 Å². The van der Waals surface area contributed by atoms with Crippen molar-refractivity contribution in [2.75, 3.05) is 13.7 Å². The normalized spacial score (nSPS) is 13.7. The summed E-state index contributed by atoms with van der Waals surface area (Å²) in [4.78, 5) is 0. The minimum absolute atomic E-state index is 0.127. The molecule has 2 aromatic rings. The monoisotopic (exact) mass is 286 g/mol. The van der Waals surface area contributed by atoms with Gasteiger partial charge in [-0.05, 0) is 30.2 Å². The maximum atomic E-state index is 5.92. The Kier molecular flexibility index (Phi) is 5.75. The predicted molar refractivity (Wildman–Crippen MR) is 83.9 cm³/mol. The fourth-order valence-electron chi connectivity index (χ4n) is 2.38. The van der Waals surface area contributed by atoms with Crippen LogP contribution in [0.3, 0.4) is 0 Å². The summed E-state index contributed by atoms with van der Waals surface area (Å²) in [5.41, 5.74) is 5.02. The van der Waals surface area contributed by atoms with Gasteiger partial charge < -0.3 is 9.47 Å². The van der Waals surface area contributed by atoms with Crippen LogP contribution in [0.2, 0.25) is 0 Å². The summed E-state index contributed by atoms with van der Waals surface area (Å²) in [5.74, 6) is 6.60. The Morgan fingerprint density at radius 1 is 1.00 bits per heavy atom. The van der Waals surface area contributed by atoms with Crippen molar-refractivity contribution in [3.63, 3.8) is 0 Å². The van der Waals surface area contributed by atoms with E-state index in [1.54, 1.807) is 7.11 Å². The highest BCUT2D eigenvalue weighted by Gasteiger charge is 2.24. The van der Waals surface area contributed by atoms with Crippen LogP contribution in [0.5, 0.6) is 5.75 Å². The molecule has 4 heteroatoms. The third kappa shape index (κ3) is 3.82. The molecule has 0 aliphatic carbocycles. The lowest BCUT2D eigenvalue weighted by Crippen LogP contribution is -2.33. The Balaban J connectivity index is 2.30. The topological polar surface area (TPSA) is 56.5 Å². The number of benzene rings is 2. The Bertz CT molecular complexity index is 528. The number of ether oxygens (including phenoxy) is 2. The van der Waals surface area contributed by atoms with Gasteiger partial charge in [-0.1, -0.05) is 42.5 Å². The molecule has 0 bridgehead atoms. The van der Waals surface area contributed by atoms with E-state index in [0.717, 1.165) is 16.9 Å². The molecule has 2 rings (SSSR count). The molecule has 0 aromatic heterocycles. The Labute approximate surface area is 125 Å². The van der Waals surface area contributed by atoms with Crippen molar-refractivity contribution in [2.24, 2.45) is 5.84 Å². The summed E-state index contributed by atoms with van der Waals surface area (Å²) < 4.78 is 11.1. The first kappa shape index (κ1) is 15.5. The molecule has 0 saturated carbocycles. The van der Waals surface area contributed by atoms with Crippen LogP contribution in [0.1, 0.15) is 30.2 Å². The second-order valence-corrected chi connectivity index (χ2v) is 4.70. The lowest BCUT2D eigenvalue weighted by Gasteiger charge is -2.27. The van der Waals surface area contributed by atoms with Gasteiger partial charge in [0.15, 0.2) is 0 Å². The van der Waals surface area contributed by atoms with Gasteiger partial charge in [0.05, 0.1) is 13.2 Å². The number of rotatable bonds is 7. The average molecular weight is 286 g/mol. The minimum Gasteiger partial charge on any atom is -0.497 e. The summed E-state index contributed by atoms with van der Waals surface area (Å²) in [6.45, 7) is 2.60.